The van der Waals surface area contributed by atoms with E-state index < -0.39 is 16.5 Å². The molecule has 0 heterocycles. The van der Waals surface area contributed by atoms with Gasteiger partial charge in [-0.05, 0) is 13.4 Å². The normalized spacial score (nSPS) is 11.3. The van der Waals surface area contributed by atoms with Gasteiger partial charge in [0.2, 0.25) is 0 Å². The molecule has 0 spiro atoms. The number of alkyl halides is 1. The first-order valence-corrected chi connectivity index (χ1v) is 3.99. The topological polar surface area (TPSA) is 46.2 Å². The Morgan fingerprint density at radius 1 is 1.67 bits per heavy atom. The molecule has 0 aliphatic carbocycles. The minimum absolute atomic E-state index is 0.0524. The largest absolute Gasteiger partial charge is 0.303 e. The lowest BCUT2D eigenvalue weighted by Crippen LogP contribution is -2.24. The standard InChI is InChI=1S/C3H8BFNO2S/c1-6-9(7,8)4-2-3-5/h6H,2-3H2,1H3. The van der Waals surface area contributed by atoms with E-state index in [0.29, 0.717) is 0 Å². The summed E-state index contributed by atoms with van der Waals surface area (Å²) in [4.78, 5) is 0. The van der Waals surface area contributed by atoms with Crippen molar-refractivity contribution in [2.75, 3.05) is 13.7 Å². The van der Waals surface area contributed by atoms with Crippen molar-refractivity contribution in [1.29, 1.82) is 0 Å². The van der Waals surface area contributed by atoms with E-state index in [1.807, 2.05) is 4.72 Å². The summed E-state index contributed by atoms with van der Waals surface area (Å²) in [5.41, 5.74) is 0. The smallest absolute Gasteiger partial charge is 0.252 e. The zero-order chi connectivity index (χ0) is 7.33. The van der Waals surface area contributed by atoms with E-state index >= 15 is 0 Å². The van der Waals surface area contributed by atoms with Crippen LogP contribution in [0.3, 0.4) is 0 Å². The molecule has 1 N–H and O–H groups in total. The van der Waals surface area contributed by atoms with Crippen molar-refractivity contribution >= 4 is 16.4 Å². The van der Waals surface area contributed by atoms with Crippen molar-refractivity contribution in [2.45, 2.75) is 6.32 Å². The van der Waals surface area contributed by atoms with Crippen LogP contribution in [0, 0.1) is 0 Å². The second kappa shape index (κ2) is 3.84. The van der Waals surface area contributed by atoms with E-state index in [9.17, 15) is 12.8 Å². The van der Waals surface area contributed by atoms with E-state index in [-0.39, 0.29) is 6.32 Å². The van der Waals surface area contributed by atoms with E-state index in [2.05, 4.69) is 0 Å². The van der Waals surface area contributed by atoms with Crippen molar-refractivity contribution in [3.05, 3.63) is 0 Å². The average Bonchev–Trinajstić information content (AvgIpc) is 1.84. The lowest BCUT2D eigenvalue weighted by molar-refractivity contribution is 0.526. The fourth-order valence-electron chi connectivity index (χ4n) is 0.283. The molecule has 0 aromatic heterocycles. The molecular weight excluding hydrogens is 144 g/mol. The summed E-state index contributed by atoms with van der Waals surface area (Å²) in [6, 6.07) is 0. The third-order valence-electron chi connectivity index (χ3n) is 0.731. The maximum atomic E-state index is 11.3. The van der Waals surface area contributed by atoms with Gasteiger partial charge in [0, 0.05) is 0 Å². The number of nitrogens with one attached hydrogen (secondary N) is 1. The van der Waals surface area contributed by atoms with Crippen LogP contribution in [0.2, 0.25) is 6.32 Å². The Morgan fingerprint density at radius 2 is 2.22 bits per heavy atom. The van der Waals surface area contributed by atoms with E-state index in [1.54, 1.807) is 0 Å². The van der Waals surface area contributed by atoms with Gasteiger partial charge in [0.1, 0.15) is 0 Å². The molecule has 9 heavy (non-hydrogen) atoms. The van der Waals surface area contributed by atoms with Crippen molar-refractivity contribution in [2.24, 2.45) is 0 Å². The minimum atomic E-state index is -3.30. The summed E-state index contributed by atoms with van der Waals surface area (Å²) in [5.74, 6) is 0. The van der Waals surface area contributed by atoms with Crippen molar-refractivity contribution in [3.8, 4) is 0 Å². The average molecular weight is 152 g/mol. The van der Waals surface area contributed by atoms with Crippen molar-refractivity contribution in [1.82, 2.24) is 4.72 Å². The lowest BCUT2D eigenvalue weighted by Gasteiger charge is -1.95. The molecule has 0 fully saturated rings. The van der Waals surface area contributed by atoms with Crippen LogP contribution < -0.4 is 4.72 Å². The maximum absolute atomic E-state index is 11.3. The second-order valence-electron chi connectivity index (χ2n) is 1.39. The number of hydrogen-bond acceptors (Lipinski definition) is 2. The molecule has 0 bridgehead atoms. The van der Waals surface area contributed by atoms with Gasteiger partial charge in [-0.15, -0.1) is 0 Å². The van der Waals surface area contributed by atoms with E-state index in [1.165, 1.54) is 7.05 Å². The molecule has 0 unspecified atom stereocenters. The summed E-state index contributed by atoms with van der Waals surface area (Å²) in [6.45, 7) is 0.272. The van der Waals surface area contributed by atoms with E-state index in [0.717, 1.165) is 6.56 Å². The molecule has 0 aliphatic heterocycles. The Kier molecular flexibility index (Phi) is 3.80. The highest BCUT2D eigenvalue weighted by Gasteiger charge is 2.07. The monoisotopic (exact) mass is 152 g/mol. The maximum Gasteiger partial charge on any atom is 0.303 e. The molecule has 0 rings (SSSR count). The third-order valence-corrected chi connectivity index (χ3v) is 1.97. The first-order valence-electron chi connectivity index (χ1n) is 2.45. The van der Waals surface area contributed by atoms with Gasteiger partial charge in [-0.1, -0.05) is 0 Å². The van der Waals surface area contributed by atoms with Gasteiger partial charge < -0.3 is 0 Å². The van der Waals surface area contributed by atoms with Crippen molar-refractivity contribution in [3.63, 3.8) is 0 Å². The third kappa shape index (κ3) is 4.41. The molecule has 0 aromatic rings. The zero-order valence-corrected chi connectivity index (χ0v) is 5.91. The van der Waals surface area contributed by atoms with Gasteiger partial charge in [0.25, 0.3) is 0 Å². The Balaban J connectivity index is 3.61. The van der Waals surface area contributed by atoms with Crippen LogP contribution in [0.4, 0.5) is 4.39 Å². The SMILES string of the molecule is CNS(=O)(=O)[B]CCF. The summed E-state index contributed by atoms with van der Waals surface area (Å²) < 4.78 is 34.2. The molecule has 3 nitrogen and oxygen atoms in total. The Labute approximate surface area is 54.8 Å². The summed E-state index contributed by atoms with van der Waals surface area (Å²) in [5, 5.41) is 0. The van der Waals surface area contributed by atoms with Crippen LogP contribution >= 0.6 is 0 Å². The van der Waals surface area contributed by atoms with Crippen LogP contribution in [0.15, 0.2) is 0 Å². The predicted octanol–water partition coefficient (Wildman–Crippen LogP) is -0.457. The highest BCUT2D eigenvalue weighted by molar-refractivity contribution is 8.13. The zero-order valence-electron chi connectivity index (χ0n) is 5.09. The molecule has 53 valence electrons. The number of halogens is 1. The second-order valence-corrected chi connectivity index (χ2v) is 3.23. The van der Waals surface area contributed by atoms with Gasteiger partial charge in [0.05, 0.1) is 6.67 Å². The molecule has 6 heteroatoms. The summed E-state index contributed by atoms with van der Waals surface area (Å²) >= 11 is 0. The summed E-state index contributed by atoms with van der Waals surface area (Å²) in [7, 11) is -2.01. The first kappa shape index (κ1) is 8.90. The van der Waals surface area contributed by atoms with Gasteiger partial charge in [-0.25, -0.2) is 13.1 Å². The Morgan fingerprint density at radius 3 is 2.56 bits per heavy atom. The fraction of sp³-hybridized carbons (Fsp3) is 1.00. The molecule has 1 radical (unpaired) electrons. The highest BCUT2D eigenvalue weighted by Crippen LogP contribution is 1.85. The van der Waals surface area contributed by atoms with Gasteiger partial charge in [0.15, 0.2) is 9.87 Å². The van der Waals surface area contributed by atoms with Crippen LogP contribution in [-0.4, -0.2) is 28.7 Å². The molecule has 0 aromatic carbocycles. The van der Waals surface area contributed by atoms with Gasteiger partial charge in [-0.3, -0.25) is 4.39 Å². The Hall–Kier alpha value is -0.0951. The van der Waals surface area contributed by atoms with Gasteiger partial charge >= 0.3 is 6.56 Å². The van der Waals surface area contributed by atoms with Crippen LogP contribution in [-0.2, 0) is 9.87 Å². The molecule has 0 atom stereocenters. The van der Waals surface area contributed by atoms with Crippen LogP contribution in [0.1, 0.15) is 0 Å². The Bertz CT molecular complexity index is 157. The number of rotatable bonds is 4. The highest BCUT2D eigenvalue weighted by atomic mass is 32.2. The van der Waals surface area contributed by atoms with Crippen molar-refractivity contribution < 1.29 is 12.8 Å². The number of hydrogen-bond donors (Lipinski definition) is 1. The molecule has 0 saturated carbocycles. The lowest BCUT2D eigenvalue weighted by atomic mass is 10.1. The molecule has 0 aliphatic rings. The first-order chi connectivity index (χ1) is 4.12. The molecule has 0 saturated heterocycles. The van der Waals surface area contributed by atoms with E-state index in [4.69, 9.17) is 0 Å². The van der Waals surface area contributed by atoms with Crippen LogP contribution in [0.5, 0.6) is 0 Å². The summed E-state index contributed by atoms with van der Waals surface area (Å²) in [6.07, 6.45) is -0.0524. The van der Waals surface area contributed by atoms with Crippen LogP contribution in [0.25, 0.3) is 0 Å². The predicted molar refractivity (Wildman–Crippen MR) is 34.5 cm³/mol. The minimum Gasteiger partial charge on any atom is -0.252 e. The quantitative estimate of drug-likeness (QED) is 0.554. The molecule has 0 amide bonds. The van der Waals surface area contributed by atoms with Gasteiger partial charge in [-0.2, -0.15) is 0 Å². The fourth-order valence-corrected chi connectivity index (χ4v) is 0.849. The molecular formula is C3H8BFNO2S.